The number of likely N-dealkylation sites (N-methyl/N-ethyl adjacent to an activating group) is 1. The summed E-state index contributed by atoms with van der Waals surface area (Å²) < 4.78 is 0. The first-order chi connectivity index (χ1) is 16.0. The van der Waals surface area contributed by atoms with Crippen molar-refractivity contribution < 1.29 is 9.59 Å². The van der Waals surface area contributed by atoms with Gasteiger partial charge < -0.3 is 15.5 Å². The third-order valence-electron chi connectivity index (χ3n) is 6.05. The van der Waals surface area contributed by atoms with Gasteiger partial charge in [0, 0.05) is 55.9 Å². The van der Waals surface area contributed by atoms with Crippen molar-refractivity contribution in [3.63, 3.8) is 0 Å². The van der Waals surface area contributed by atoms with Crippen LogP contribution >= 0.6 is 11.3 Å². The van der Waals surface area contributed by atoms with Crippen LogP contribution in [0.3, 0.4) is 0 Å². The molecule has 1 aliphatic rings. The maximum Gasteiger partial charge on any atom is 0.256 e. The van der Waals surface area contributed by atoms with Gasteiger partial charge in [-0.25, -0.2) is 0 Å². The lowest BCUT2D eigenvalue weighted by molar-refractivity contribution is 0.0940. The molecule has 2 aromatic carbocycles. The molecule has 33 heavy (non-hydrogen) atoms. The average molecular weight is 463 g/mol. The van der Waals surface area contributed by atoms with E-state index in [9.17, 15) is 9.59 Å². The number of aryl methyl sites for hydroxylation is 1. The molecule has 0 bridgehead atoms. The molecule has 2 heterocycles. The lowest BCUT2D eigenvalue weighted by atomic mass is 9.98. The molecule has 0 atom stereocenters. The molecule has 1 fully saturated rings. The minimum absolute atomic E-state index is 0.0517. The fourth-order valence-corrected chi connectivity index (χ4v) is 4.55. The van der Waals surface area contributed by atoms with Crippen LogP contribution in [-0.4, -0.2) is 67.9 Å². The molecule has 1 aromatic heterocycles. The number of benzene rings is 2. The second-order valence-corrected chi connectivity index (χ2v) is 9.25. The molecule has 6 nitrogen and oxygen atoms in total. The van der Waals surface area contributed by atoms with E-state index < -0.39 is 0 Å². The summed E-state index contributed by atoms with van der Waals surface area (Å²) >= 11 is 1.50. The van der Waals surface area contributed by atoms with Crippen molar-refractivity contribution >= 4 is 28.8 Å². The molecule has 1 aliphatic heterocycles. The summed E-state index contributed by atoms with van der Waals surface area (Å²) in [6.07, 6.45) is 0. The van der Waals surface area contributed by atoms with E-state index in [1.807, 2.05) is 66.2 Å². The Kier molecular flexibility index (Phi) is 7.54. The number of carbonyl (C=O) groups excluding carboxylic acids is 2. The minimum atomic E-state index is -0.116. The van der Waals surface area contributed by atoms with Gasteiger partial charge in [-0.05, 0) is 66.4 Å². The molecule has 7 heteroatoms. The standard InChI is InChI=1S/C26H30N4O2S/c1-19-3-8-23(28-26(32)22-9-16-33-18-22)17-24(19)20-4-6-21(7-5-20)25(31)27-10-11-30-14-12-29(2)13-15-30/h3-9,16-18H,10-15H2,1-2H3,(H,27,31)(H,28,32). The number of thiophene rings is 1. The zero-order valence-electron chi connectivity index (χ0n) is 19.1. The summed E-state index contributed by atoms with van der Waals surface area (Å²) in [6, 6.07) is 15.3. The van der Waals surface area contributed by atoms with Gasteiger partial charge in [-0.3, -0.25) is 14.5 Å². The third kappa shape index (κ3) is 6.07. The number of piperazine rings is 1. The Morgan fingerprint density at radius 3 is 2.39 bits per heavy atom. The Balaban J connectivity index is 1.36. The highest BCUT2D eigenvalue weighted by Crippen LogP contribution is 2.27. The average Bonchev–Trinajstić information content (AvgIpc) is 3.37. The van der Waals surface area contributed by atoms with Gasteiger partial charge in [0.1, 0.15) is 0 Å². The van der Waals surface area contributed by atoms with E-state index in [0.717, 1.165) is 55.1 Å². The molecule has 2 N–H and O–H groups in total. The number of hydrogen-bond acceptors (Lipinski definition) is 5. The molecule has 0 unspecified atom stereocenters. The maximum atomic E-state index is 12.6. The largest absolute Gasteiger partial charge is 0.351 e. The molecule has 0 aliphatic carbocycles. The van der Waals surface area contributed by atoms with E-state index in [0.29, 0.717) is 17.7 Å². The van der Waals surface area contributed by atoms with E-state index in [1.165, 1.54) is 11.3 Å². The van der Waals surface area contributed by atoms with E-state index in [2.05, 4.69) is 27.5 Å². The number of nitrogens with zero attached hydrogens (tertiary/aromatic N) is 2. The number of carbonyl (C=O) groups is 2. The van der Waals surface area contributed by atoms with Crippen molar-refractivity contribution in [3.8, 4) is 11.1 Å². The molecule has 3 aromatic rings. The highest BCUT2D eigenvalue weighted by Gasteiger charge is 2.14. The zero-order chi connectivity index (χ0) is 23.2. The summed E-state index contributed by atoms with van der Waals surface area (Å²) in [6.45, 7) is 7.82. The van der Waals surface area contributed by atoms with Crippen LogP contribution in [0, 0.1) is 6.92 Å². The first-order valence-corrected chi connectivity index (χ1v) is 12.2. The maximum absolute atomic E-state index is 12.6. The van der Waals surface area contributed by atoms with Gasteiger partial charge in [0.05, 0.1) is 5.56 Å². The van der Waals surface area contributed by atoms with E-state index >= 15 is 0 Å². The van der Waals surface area contributed by atoms with Crippen molar-refractivity contribution in [3.05, 3.63) is 76.0 Å². The van der Waals surface area contributed by atoms with Crippen LogP contribution in [0.15, 0.2) is 59.3 Å². The monoisotopic (exact) mass is 462 g/mol. The van der Waals surface area contributed by atoms with Gasteiger partial charge in [-0.1, -0.05) is 18.2 Å². The fourth-order valence-electron chi connectivity index (χ4n) is 3.91. The summed E-state index contributed by atoms with van der Waals surface area (Å²) in [7, 11) is 2.14. The molecule has 0 saturated carbocycles. The number of amides is 2. The van der Waals surface area contributed by atoms with Crippen LogP contribution in [0.5, 0.6) is 0 Å². The number of hydrogen-bond donors (Lipinski definition) is 2. The summed E-state index contributed by atoms with van der Waals surface area (Å²) in [4.78, 5) is 29.6. The first-order valence-electron chi connectivity index (χ1n) is 11.2. The lowest BCUT2D eigenvalue weighted by Crippen LogP contribution is -2.46. The summed E-state index contributed by atoms with van der Waals surface area (Å²) in [5.74, 6) is -0.168. The first kappa shape index (κ1) is 23.2. The fraction of sp³-hybridized carbons (Fsp3) is 0.308. The van der Waals surface area contributed by atoms with E-state index in [4.69, 9.17) is 0 Å². The Bertz CT molecular complexity index is 1090. The highest BCUT2D eigenvalue weighted by molar-refractivity contribution is 7.08. The molecule has 172 valence electrons. The zero-order valence-corrected chi connectivity index (χ0v) is 20.0. The van der Waals surface area contributed by atoms with Crippen molar-refractivity contribution in [2.75, 3.05) is 51.6 Å². The van der Waals surface area contributed by atoms with Crippen molar-refractivity contribution in [1.82, 2.24) is 15.1 Å². The lowest BCUT2D eigenvalue weighted by Gasteiger charge is -2.32. The molecule has 4 rings (SSSR count). The molecule has 2 amide bonds. The number of anilines is 1. The molecule has 0 radical (unpaired) electrons. The molecular formula is C26H30N4O2S. The third-order valence-corrected chi connectivity index (χ3v) is 6.73. The smallest absolute Gasteiger partial charge is 0.256 e. The predicted octanol–water partition coefficient (Wildman–Crippen LogP) is 3.95. The van der Waals surface area contributed by atoms with E-state index in [1.54, 1.807) is 0 Å². The van der Waals surface area contributed by atoms with Crippen molar-refractivity contribution in [2.45, 2.75) is 6.92 Å². The Hall–Kier alpha value is -3.00. The van der Waals surface area contributed by atoms with Crippen LogP contribution in [-0.2, 0) is 0 Å². The van der Waals surface area contributed by atoms with Crippen molar-refractivity contribution in [1.29, 1.82) is 0 Å². The van der Waals surface area contributed by atoms with Gasteiger partial charge in [0.15, 0.2) is 0 Å². The Morgan fingerprint density at radius 2 is 1.70 bits per heavy atom. The molecule has 1 saturated heterocycles. The summed E-state index contributed by atoms with van der Waals surface area (Å²) in [5, 5.41) is 9.71. The summed E-state index contributed by atoms with van der Waals surface area (Å²) in [5.41, 5.74) is 5.19. The number of nitrogens with one attached hydrogen (secondary N) is 2. The normalized spacial score (nSPS) is 14.7. The Morgan fingerprint density at radius 1 is 0.939 bits per heavy atom. The SMILES string of the molecule is Cc1ccc(NC(=O)c2ccsc2)cc1-c1ccc(C(=O)NCCN2CCN(C)CC2)cc1. The van der Waals surface area contributed by atoms with Crippen LogP contribution in [0.25, 0.3) is 11.1 Å². The number of rotatable bonds is 7. The topological polar surface area (TPSA) is 64.7 Å². The predicted molar refractivity (Wildman–Crippen MR) is 135 cm³/mol. The molecule has 0 spiro atoms. The van der Waals surface area contributed by atoms with Crippen LogP contribution in [0.4, 0.5) is 5.69 Å². The van der Waals surface area contributed by atoms with Gasteiger partial charge in [-0.2, -0.15) is 11.3 Å². The van der Waals surface area contributed by atoms with Gasteiger partial charge in [-0.15, -0.1) is 0 Å². The minimum Gasteiger partial charge on any atom is -0.351 e. The van der Waals surface area contributed by atoms with Gasteiger partial charge in [0.2, 0.25) is 0 Å². The van der Waals surface area contributed by atoms with Crippen LogP contribution in [0.1, 0.15) is 26.3 Å². The Labute approximate surface area is 199 Å². The second-order valence-electron chi connectivity index (χ2n) is 8.47. The quantitative estimate of drug-likeness (QED) is 0.558. The van der Waals surface area contributed by atoms with E-state index in [-0.39, 0.29) is 11.8 Å². The molecular weight excluding hydrogens is 432 g/mol. The van der Waals surface area contributed by atoms with Crippen LogP contribution in [0.2, 0.25) is 0 Å². The van der Waals surface area contributed by atoms with Crippen LogP contribution < -0.4 is 10.6 Å². The van der Waals surface area contributed by atoms with Gasteiger partial charge >= 0.3 is 0 Å². The highest BCUT2D eigenvalue weighted by atomic mass is 32.1. The van der Waals surface area contributed by atoms with Crippen molar-refractivity contribution in [2.24, 2.45) is 0 Å². The van der Waals surface area contributed by atoms with Gasteiger partial charge in [0.25, 0.3) is 11.8 Å². The second kappa shape index (κ2) is 10.7.